The molecule has 1 atom stereocenters. The summed E-state index contributed by atoms with van der Waals surface area (Å²) in [6.07, 6.45) is -0.480. The van der Waals surface area contributed by atoms with Crippen LogP contribution in [0, 0.1) is 0 Å². The maximum Gasteiger partial charge on any atom is 0.174 e. The molecule has 16 heavy (non-hydrogen) atoms. The van der Waals surface area contributed by atoms with Crippen LogP contribution in [0.4, 0.5) is 0 Å². The SMILES string of the molecule is OC(CSc1nncs1)c1cccc(Br)c1. The van der Waals surface area contributed by atoms with Gasteiger partial charge in [0.15, 0.2) is 4.34 Å². The standard InChI is InChI=1S/C10H9BrN2OS2/c11-8-3-1-2-7(4-8)9(14)5-15-10-13-12-6-16-10/h1-4,6,9,14H,5H2. The van der Waals surface area contributed by atoms with Gasteiger partial charge in [-0.2, -0.15) is 0 Å². The Morgan fingerprint density at radius 2 is 2.38 bits per heavy atom. The summed E-state index contributed by atoms with van der Waals surface area (Å²) < 4.78 is 1.86. The molecule has 1 heterocycles. The molecule has 0 radical (unpaired) electrons. The molecule has 6 heteroatoms. The van der Waals surface area contributed by atoms with Gasteiger partial charge in [-0.25, -0.2) is 0 Å². The van der Waals surface area contributed by atoms with Crippen molar-refractivity contribution in [3.8, 4) is 0 Å². The molecular formula is C10H9BrN2OS2. The number of aromatic nitrogens is 2. The lowest BCUT2D eigenvalue weighted by Gasteiger charge is -2.09. The highest BCUT2D eigenvalue weighted by atomic mass is 79.9. The normalized spacial score (nSPS) is 12.6. The Morgan fingerprint density at radius 1 is 1.50 bits per heavy atom. The summed E-state index contributed by atoms with van der Waals surface area (Å²) in [5.74, 6) is 0.589. The highest BCUT2D eigenvalue weighted by molar-refractivity contribution is 9.10. The largest absolute Gasteiger partial charge is 0.388 e. The number of hydrogen-bond acceptors (Lipinski definition) is 5. The Labute approximate surface area is 110 Å². The Hall–Kier alpha value is -0.430. The number of aliphatic hydroxyl groups is 1. The van der Waals surface area contributed by atoms with Crippen molar-refractivity contribution in [1.82, 2.24) is 10.2 Å². The summed E-state index contributed by atoms with van der Waals surface area (Å²) in [5.41, 5.74) is 2.60. The number of hydrogen-bond donors (Lipinski definition) is 1. The summed E-state index contributed by atoms with van der Waals surface area (Å²) in [7, 11) is 0. The van der Waals surface area contributed by atoms with Crippen LogP contribution < -0.4 is 0 Å². The lowest BCUT2D eigenvalue weighted by Crippen LogP contribution is -2.00. The Balaban J connectivity index is 1.95. The van der Waals surface area contributed by atoms with E-state index < -0.39 is 6.10 Å². The third-order valence-electron chi connectivity index (χ3n) is 1.94. The molecule has 0 bridgehead atoms. The van der Waals surface area contributed by atoms with Crippen molar-refractivity contribution in [1.29, 1.82) is 0 Å². The first-order valence-electron chi connectivity index (χ1n) is 4.58. The van der Waals surface area contributed by atoms with Crippen molar-refractivity contribution in [2.75, 3.05) is 5.75 Å². The molecular weight excluding hydrogens is 308 g/mol. The number of thioether (sulfide) groups is 1. The van der Waals surface area contributed by atoms with E-state index in [9.17, 15) is 5.11 Å². The molecule has 2 aromatic rings. The number of benzene rings is 1. The molecule has 3 nitrogen and oxygen atoms in total. The lowest BCUT2D eigenvalue weighted by molar-refractivity contribution is 0.204. The second kappa shape index (κ2) is 5.77. The van der Waals surface area contributed by atoms with Crippen molar-refractivity contribution in [2.45, 2.75) is 10.4 Å². The zero-order chi connectivity index (χ0) is 11.4. The van der Waals surface area contributed by atoms with Gasteiger partial charge in [-0.3, -0.25) is 0 Å². The average molecular weight is 317 g/mol. The van der Waals surface area contributed by atoms with E-state index in [0.29, 0.717) is 5.75 Å². The van der Waals surface area contributed by atoms with Crippen LogP contribution in [0.15, 0.2) is 38.6 Å². The quantitative estimate of drug-likeness (QED) is 0.880. The molecule has 84 valence electrons. The van der Waals surface area contributed by atoms with E-state index in [-0.39, 0.29) is 0 Å². The summed E-state index contributed by atoms with van der Waals surface area (Å²) in [6.45, 7) is 0. The van der Waals surface area contributed by atoms with E-state index in [4.69, 9.17) is 0 Å². The number of halogens is 1. The van der Waals surface area contributed by atoms with Crippen LogP contribution in [0.1, 0.15) is 11.7 Å². The molecule has 0 aliphatic rings. The van der Waals surface area contributed by atoms with Gasteiger partial charge in [-0.05, 0) is 17.7 Å². The lowest BCUT2D eigenvalue weighted by atomic mass is 10.1. The zero-order valence-corrected chi connectivity index (χ0v) is 11.4. The minimum atomic E-state index is -0.480. The van der Waals surface area contributed by atoms with Crippen LogP contribution in [-0.4, -0.2) is 21.1 Å². The van der Waals surface area contributed by atoms with Crippen molar-refractivity contribution in [2.24, 2.45) is 0 Å². The summed E-state index contributed by atoms with van der Waals surface area (Å²) >= 11 is 6.38. The summed E-state index contributed by atoms with van der Waals surface area (Å²) in [5, 5.41) is 17.6. The van der Waals surface area contributed by atoms with Crippen LogP contribution in [0.2, 0.25) is 0 Å². The third-order valence-corrected chi connectivity index (χ3v) is 4.37. The van der Waals surface area contributed by atoms with Gasteiger partial charge in [-0.15, -0.1) is 10.2 Å². The molecule has 1 unspecified atom stereocenters. The van der Waals surface area contributed by atoms with Crippen LogP contribution in [0.3, 0.4) is 0 Å². The minimum Gasteiger partial charge on any atom is -0.388 e. The first-order chi connectivity index (χ1) is 7.75. The molecule has 1 N–H and O–H groups in total. The number of rotatable bonds is 4. The Kier molecular flexibility index (Phi) is 4.34. The van der Waals surface area contributed by atoms with Gasteiger partial charge < -0.3 is 5.11 Å². The summed E-state index contributed by atoms with van der Waals surface area (Å²) in [4.78, 5) is 0. The molecule has 1 aromatic heterocycles. The average Bonchev–Trinajstić information content (AvgIpc) is 2.78. The molecule has 0 aliphatic heterocycles. The maximum absolute atomic E-state index is 9.96. The molecule has 0 amide bonds. The van der Waals surface area contributed by atoms with Gasteiger partial charge in [0.2, 0.25) is 0 Å². The molecule has 0 saturated carbocycles. The maximum atomic E-state index is 9.96. The molecule has 1 aromatic carbocycles. The van der Waals surface area contributed by atoms with E-state index in [1.807, 2.05) is 24.3 Å². The van der Waals surface area contributed by atoms with Gasteiger partial charge >= 0.3 is 0 Å². The smallest absolute Gasteiger partial charge is 0.174 e. The van der Waals surface area contributed by atoms with Crippen LogP contribution >= 0.6 is 39.0 Å². The first-order valence-corrected chi connectivity index (χ1v) is 7.24. The first kappa shape index (κ1) is 12.0. The van der Waals surface area contributed by atoms with Gasteiger partial charge in [0.05, 0.1) is 6.10 Å². The monoisotopic (exact) mass is 316 g/mol. The topological polar surface area (TPSA) is 46.0 Å². The molecule has 2 rings (SSSR count). The Bertz CT molecular complexity index is 450. The fourth-order valence-corrected chi connectivity index (χ4v) is 3.08. The van der Waals surface area contributed by atoms with Gasteiger partial charge in [-0.1, -0.05) is 51.2 Å². The predicted molar refractivity (Wildman–Crippen MR) is 69.7 cm³/mol. The molecule has 0 aliphatic carbocycles. The van der Waals surface area contributed by atoms with Crippen molar-refractivity contribution < 1.29 is 5.11 Å². The highest BCUT2D eigenvalue weighted by Gasteiger charge is 2.09. The van der Waals surface area contributed by atoms with Crippen LogP contribution in [-0.2, 0) is 0 Å². The van der Waals surface area contributed by atoms with Gasteiger partial charge in [0.25, 0.3) is 0 Å². The second-order valence-corrected chi connectivity index (χ2v) is 6.10. The van der Waals surface area contributed by atoms with E-state index in [1.54, 1.807) is 5.51 Å². The fraction of sp³-hybridized carbons (Fsp3) is 0.200. The van der Waals surface area contributed by atoms with Crippen molar-refractivity contribution in [3.05, 3.63) is 39.8 Å². The number of aliphatic hydroxyl groups excluding tert-OH is 1. The highest BCUT2D eigenvalue weighted by Crippen LogP contribution is 2.26. The van der Waals surface area contributed by atoms with E-state index in [1.165, 1.54) is 23.1 Å². The minimum absolute atomic E-state index is 0.480. The van der Waals surface area contributed by atoms with E-state index in [2.05, 4.69) is 26.1 Å². The third kappa shape index (κ3) is 3.28. The molecule has 0 spiro atoms. The van der Waals surface area contributed by atoms with Crippen LogP contribution in [0.5, 0.6) is 0 Å². The zero-order valence-electron chi connectivity index (χ0n) is 8.21. The van der Waals surface area contributed by atoms with Crippen molar-refractivity contribution in [3.63, 3.8) is 0 Å². The molecule has 0 saturated heterocycles. The Morgan fingerprint density at radius 3 is 3.06 bits per heavy atom. The molecule has 0 fully saturated rings. The number of nitrogens with zero attached hydrogens (tertiary/aromatic N) is 2. The van der Waals surface area contributed by atoms with Crippen LogP contribution in [0.25, 0.3) is 0 Å². The predicted octanol–water partition coefficient (Wildman–Crippen LogP) is 3.13. The van der Waals surface area contributed by atoms with Gasteiger partial charge in [0.1, 0.15) is 5.51 Å². The van der Waals surface area contributed by atoms with E-state index in [0.717, 1.165) is 14.4 Å². The summed E-state index contributed by atoms with van der Waals surface area (Å²) in [6, 6.07) is 7.69. The van der Waals surface area contributed by atoms with Gasteiger partial charge in [0, 0.05) is 10.2 Å². The van der Waals surface area contributed by atoms with Crippen molar-refractivity contribution >= 4 is 39.0 Å². The van der Waals surface area contributed by atoms with E-state index >= 15 is 0 Å². The second-order valence-electron chi connectivity index (χ2n) is 3.09. The fourth-order valence-electron chi connectivity index (χ4n) is 1.19.